The summed E-state index contributed by atoms with van der Waals surface area (Å²) < 4.78 is 0. The second-order valence-corrected chi connectivity index (χ2v) is 5.91. The largest absolute Gasteiger partial charge is 0.327 e. The average molecular weight is 224 g/mol. The molecule has 2 nitrogen and oxygen atoms in total. The first-order valence-corrected chi connectivity index (χ1v) is 6.74. The molecular weight excluding hydrogens is 204 g/mol. The van der Waals surface area contributed by atoms with Crippen LogP contribution < -0.4 is 5.73 Å². The number of thiazole rings is 1. The van der Waals surface area contributed by atoms with Crippen molar-refractivity contribution in [3.63, 3.8) is 0 Å². The van der Waals surface area contributed by atoms with Crippen LogP contribution in [0.3, 0.4) is 0 Å². The van der Waals surface area contributed by atoms with Crippen LogP contribution in [0.15, 0.2) is 5.38 Å². The van der Waals surface area contributed by atoms with Gasteiger partial charge in [0.15, 0.2) is 0 Å². The lowest BCUT2D eigenvalue weighted by Crippen LogP contribution is -2.22. The Hall–Kier alpha value is -0.410. The van der Waals surface area contributed by atoms with Gasteiger partial charge in [0.1, 0.15) is 0 Å². The summed E-state index contributed by atoms with van der Waals surface area (Å²) in [5.41, 5.74) is 7.34. The van der Waals surface area contributed by atoms with Gasteiger partial charge < -0.3 is 5.73 Å². The molecule has 2 atom stereocenters. The van der Waals surface area contributed by atoms with Crippen molar-refractivity contribution >= 4 is 11.3 Å². The van der Waals surface area contributed by atoms with Crippen LogP contribution in [0.4, 0.5) is 0 Å². The second kappa shape index (κ2) is 4.62. The lowest BCUT2D eigenvalue weighted by Gasteiger charge is -2.11. The predicted octanol–water partition coefficient (Wildman–Crippen LogP) is 2.94. The van der Waals surface area contributed by atoms with E-state index >= 15 is 0 Å². The van der Waals surface area contributed by atoms with Crippen molar-refractivity contribution in [1.29, 1.82) is 0 Å². The zero-order valence-electron chi connectivity index (χ0n) is 9.57. The Morgan fingerprint density at radius 1 is 1.53 bits per heavy atom. The van der Waals surface area contributed by atoms with Gasteiger partial charge in [0, 0.05) is 23.8 Å². The predicted molar refractivity (Wildman–Crippen MR) is 65.2 cm³/mol. The van der Waals surface area contributed by atoms with Gasteiger partial charge >= 0.3 is 0 Å². The minimum absolute atomic E-state index is 0.346. The Morgan fingerprint density at radius 3 is 2.93 bits per heavy atom. The van der Waals surface area contributed by atoms with E-state index in [9.17, 15) is 0 Å². The summed E-state index contributed by atoms with van der Waals surface area (Å²) in [7, 11) is 0. The van der Waals surface area contributed by atoms with E-state index in [1.165, 1.54) is 30.0 Å². The molecule has 0 amide bonds. The fraction of sp³-hybridized carbons (Fsp3) is 0.750. The van der Waals surface area contributed by atoms with Gasteiger partial charge in [-0.1, -0.05) is 20.3 Å². The van der Waals surface area contributed by atoms with Gasteiger partial charge in [-0.15, -0.1) is 11.3 Å². The van der Waals surface area contributed by atoms with E-state index in [1.54, 1.807) is 11.3 Å². The zero-order valence-corrected chi connectivity index (χ0v) is 10.4. The van der Waals surface area contributed by atoms with Crippen molar-refractivity contribution < 1.29 is 0 Å². The molecule has 1 aromatic rings. The second-order valence-electron chi connectivity index (χ2n) is 4.97. The third-order valence-corrected chi connectivity index (χ3v) is 3.99. The van der Waals surface area contributed by atoms with Gasteiger partial charge in [-0.05, 0) is 18.8 Å². The van der Waals surface area contributed by atoms with Crippen molar-refractivity contribution in [3.05, 3.63) is 16.1 Å². The minimum Gasteiger partial charge on any atom is -0.327 e. The smallest absolute Gasteiger partial charge is 0.0930 e. The van der Waals surface area contributed by atoms with Crippen LogP contribution in [0.2, 0.25) is 0 Å². The van der Waals surface area contributed by atoms with Crippen LogP contribution in [0.1, 0.15) is 49.7 Å². The Kier molecular flexibility index (Phi) is 3.42. The highest BCUT2D eigenvalue weighted by molar-refractivity contribution is 7.09. The van der Waals surface area contributed by atoms with E-state index in [-0.39, 0.29) is 0 Å². The number of hydrogen-bond acceptors (Lipinski definition) is 3. The molecule has 1 aliphatic rings. The Morgan fingerprint density at radius 2 is 2.33 bits per heavy atom. The highest BCUT2D eigenvalue weighted by Crippen LogP contribution is 2.34. The van der Waals surface area contributed by atoms with Gasteiger partial charge in [0.05, 0.1) is 10.7 Å². The molecule has 2 rings (SSSR count). The number of aromatic nitrogens is 1. The van der Waals surface area contributed by atoms with E-state index in [0.717, 1.165) is 6.42 Å². The van der Waals surface area contributed by atoms with Crippen molar-refractivity contribution in [2.24, 2.45) is 11.7 Å². The summed E-state index contributed by atoms with van der Waals surface area (Å²) in [4.78, 5) is 4.72. The molecule has 0 bridgehead atoms. The molecule has 0 aliphatic heterocycles. The Bertz CT molecular complexity index is 319. The van der Waals surface area contributed by atoms with Crippen LogP contribution in [-0.2, 0) is 6.42 Å². The molecule has 1 fully saturated rings. The summed E-state index contributed by atoms with van der Waals surface area (Å²) in [6, 6.07) is 0.346. The Balaban J connectivity index is 2.06. The number of rotatable bonds is 3. The van der Waals surface area contributed by atoms with Crippen LogP contribution in [0.5, 0.6) is 0 Å². The number of nitrogens with zero attached hydrogens (tertiary/aromatic N) is 1. The standard InChI is InChI=1S/C12H20N2S/c1-8(2)6-12-14-11(7-15-12)9-4-3-5-10(9)13/h7-10H,3-6,13H2,1-2H3. The maximum absolute atomic E-state index is 6.09. The van der Waals surface area contributed by atoms with Gasteiger partial charge in [-0.3, -0.25) is 0 Å². The van der Waals surface area contributed by atoms with Crippen molar-refractivity contribution in [2.45, 2.75) is 51.5 Å². The molecule has 1 aromatic heterocycles. The summed E-state index contributed by atoms with van der Waals surface area (Å²) >= 11 is 1.80. The normalized spacial score (nSPS) is 26.4. The monoisotopic (exact) mass is 224 g/mol. The molecule has 0 saturated heterocycles. The molecule has 15 heavy (non-hydrogen) atoms. The molecule has 84 valence electrons. The summed E-state index contributed by atoms with van der Waals surface area (Å²) in [5.74, 6) is 1.23. The summed E-state index contributed by atoms with van der Waals surface area (Å²) in [6.07, 6.45) is 4.77. The maximum atomic E-state index is 6.09. The highest BCUT2D eigenvalue weighted by atomic mass is 32.1. The molecule has 0 radical (unpaired) electrons. The van der Waals surface area contributed by atoms with Gasteiger partial charge in [-0.2, -0.15) is 0 Å². The topological polar surface area (TPSA) is 38.9 Å². The lowest BCUT2D eigenvalue weighted by molar-refractivity contribution is 0.594. The first kappa shape index (κ1) is 11.1. The van der Waals surface area contributed by atoms with Gasteiger partial charge in [-0.25, -0.2) is 4.98 Å². The zero-order chi connectivity index (χ0) is 10.8. The van der Waals surface area contributed by atoms with E-state index in [2.05, 4.69) is 19.2 Å². The van der Waals surface area contributed by atoms with E-state index in [0.29, 0.717) is 17.9 Å². The fourth-order valence-corrected chi connectivity index (χ4v) is 3.37. The third kappa shape index (κ3) is 2.58. The quantitative estimate of drug-likeness (QED) is 0.857. The average Bonchev–Trinajstić information content (AvgIpc) is 2.72. The molecule has 1 aliphatic carbocycles. The molecule has 2 unspecified atom stereocenters. The third-order valence-electron chi connectivity index (χ3n) is 3.10. The molecule has 1 saturated carbocycles. The van der Waals surface area contributed by atoms with Crippen LogP contribution in [0, 0.1) is 5.92 Å². The maximum Gasteiger partial charge on any atom is 0.0930 e. The Labute approximate surface area is 95.9 Å². The molecular formula is C12H20N2S. The summed E-state index contributed by atoms with van der Waals surface area (Å²) in [5, 5.41) is 3.49. The molecule has 0 aromatic carbocycles. The fourth-order valence-electron chi connectivity index (χ4n) is 2.29. The van der Waals surface area contributed by atoms with Crippen LogP contribution >= 0.6 is 11.3 Å². The first-order valence-electron chi connectivity index (χ1n) is 5.86. The van der Waals surface area contributed by atoms with Crippen molar-refractivity contribution in [3.8, 4) is 0 Å². The molecule has 1 heterocycles. The highest BCUT2D eigenvalue weighted by Gasteiger charge is 2.27. The number of hydrogen-bond donors (Lipinski definition) is 1. The van der Waals surface area contributed by atoms with Crippen molar-refractivity contribution in [2.75, 3.05) is 0 Å². The molecule has 2 N–H and O–H groups in total. The number of nitrogens with two attached hydrogens (primary N) is 1. The van der Waals surface area contributed by atoms with Crippen LogP contribution in [-0.4, -0.2) is 11.0 Å². The van der Waals surface area contributed by atoms with Gasteiger partial charge in [0.2, 0.25) is 0 Å². The van der Waals surface area contributed by atoms with E-state index in [4.69, 9.17) is 10.7 Å². The van der Waals surface area contributed by atoms with Crippen molar-refractivity contribution in [1.82, 2.24) is 4.98 Å². The minimum atomic E-state index is 0.346. The lowest BCUT2D eigenvalue weighted by atomic mass is 10.0. The first-order chi connectivity index (χ1) is 7.16. The molecule has 3 heteroatoms. The van der Waals surface area contributed by atoms with E-state index in [1.807, 2.05) is 0 Å². The van der Waals surface area contributed by atoms with Crippen LogP contribution in [0.25, 0.3) is 0 Å². The van der Waals surface area contributed by atoms with E-state index < -0.39 is 0 Å². The SMILES string of the molecule is CC(C)Cc1nc(C2CCCC2N)cs1. The van der Waals surface area contributed by atoms with Gasteiger partial charge in [0.25, 0.3) is 0 Å². The molecule has 0 spiro atoms. The summed E-state index contributed by atoms with van der Waals surface area (Å²) in [6.45, 7) is 4.48.